The summed E-state index contributed by atoms with van der Waals surface area (Å²) in [5, 5.41) is 0.355. The maximum Gasteiger partial charge on any atom is 0.338 e. The molecule has 0 saturated carbocycles. The number of methoxy groups -OCH3 is 2. The summed E-state index contributed by atoms with van der Waals surface area (Å²) in [6, 6.07) is 20.0. The van der Waals surface area contributed by atoms with Crippen LogP contribution < -0.4 is 24.4 Å². The SMILES string of the molecule is CCOC(=O)C1=C(c2ccccc2)N=c2sc(=Cc3cc(Cl)c(OC)c(OC)c3)c(=O)n2C1c1ccc(SC)cc1. The average molecular weight is 607 g/mol. The second kappa shape index (κ2) is 12.4. The number of nitrogens with zero attached hydrogens (tertiary/aromatic N) is 2. The molecule has 0 bridgehead atoms. The third-order valence-corrected chi connectivity index (χ3v) is 8.57. The topological polar surface area (TPSA) is 79.1 Å². The number of halogens is 1. The standard InChI is InChI=1S/C31H27ClN2O5S2/c1-5-39-30(36)25-26(19-9-7-6-8-10-19)33-31-34(27(25)20-11-13-21(40-4)14-12-20)29(35)24(41-31)17-18-15-22(32)28(38-3)23(16-18)37-2/h6-17,27H,5H2,1-4H3. The third kappa shape index (κ3) is 5.57. The average Bonchev–Trinajstić information content (AvgIpc) is 3.30. The lowest BCUT2D eigenvalue weighted by Crippen LogP contribution is -2.40. The molecule has 0 spiro atoms. The van der Waals surface area contributed by atoms with Crippen LogP contribution in [-0.2, 0) is 9.53 Å². The number of rotatable bonds is 8. The number of thiazole rings is 1. The number of ether oxygens (including phenoxy) is 3. The van der Waals surface area contributed by atoms with Gasteiger partial charge in [0.1, 0.15) is 0 Å². The first-order valence-corrected chi connectivity index (χ1v) is 15.2. The van der Waals surface area contributed by atoms with Crippen LogP contribution in [0.5, 0.6) is 11.5 Å². The molecule has 1 aliphatic heterocycles. The van der Waals surface area contributed by atoms with Gasteiger partial charge in [0.25, 0.3) is 5.56 Å². The number of esters is 1. The van der Waals surface area contributed by atoms with Gasteiger partial charge in [-0.2, -0.15) is 0 Å². The number of hydrogen-bond acceptors (Lipinski definition) is 8. The zero-order valence-electron chi connectivity index (χ0n) is 22.8. The largest absolute Gasteiger partial charge is 0.493 e. The molecule has 3 aromatic carbocycles. The minimum absolute atomic E-state index is 0.188. The maximum absolute atomic E-state index is 14.1. The first-order valence-electron chi connectivity index (χ1n) is 12.7. The van der Waals surface area contributed by atoms with Crippen molar-refractivity contribution in [1.29, 1.82) is 0 Å². The summed E-state index contributed by atoms with van der Waals surface area (Å²) >= 11 is 9.29. The molecule has 7 nitrogen and oxygen atoms in total. The van der Waals surface area contributed by atoms with E-state index in [4.69, 9.17) is 30.8 Å². The monoisotopic (exact) mass is 606 g/mol. The van der Waals surface area contributed by atoms with Crippen LogP contribution in [0.1, 0.15) is 29.7 Å². The van der Waals surface area contributed by atoms with E-state index >= 15 is 0 Å². The van der Waals surface area contributed by atoms with E-state index in [1.165, 1.54) is 25.6 Å². The highest BCUT2D eigenvalue weighted by atomic mass is 35.5. The number of aromatic nitrogens is 1. The number of benzene rings is 3. The van der Waals surface area contributed by atoms with E-state index in [-0.39, 0.29) is 12.2 Å². The Morgan fingerprint density at radius 3 is 2.46 bits per heavy atom. The first-order chi connectivity index (χ1) is 19.9. The zero-order chi connectivity index (χ0) is 29.1. The van der Waals surface area contributed by atoms with E-state index in [1.807, 2.05) is 60.9 Å². The first kappa shape index (κ1) is 28.7. The van der Waals surface area contributed by atoms with Gasteiger partial charge in [-0.3, -0.25) is 9.36 Å². The molecule has 0 saturated heterocycles. The second-order valence-corrected chi connectivity index (χ2v) is 11.2. The number of hydrogen-bond donors (Lipinski definition) is 0. The molecule has 2 heterocycles. The Morgan fingerprint density at radius 2 is 1.83 bits per heavy atom. The highest BCUT2D eigenvalue weighted by Gasteiger charge is 2.35. The smallest absolute Gasteiger partial charge is 0.338 e. The Hall–Kier alpha value is -3.79. The van der Waals surface area contributed by atoms with Gasteiger partial charge in [-0.05, 0) is 54.6 Å². The van der Waals surface area contributed by atoms with E-state index in [9.17, 15) is 9.59 Å². The Labute approximate surface area is 250 Å². The second-order valence-electron chi connectivity index (χ2n) is 8.94. The summed E-state index contributed by atoms with van der Waals surface area (Å²) in [7, 11) is 3.04. The number of carbonyl (C=O) groups is 1. The van der Waals surface area contributed by atoms with Crippen LogP contribution in [0.2, 0.25) is 5.02 Å². The molecular formula is C31H27ClN2O5S2. The minimum atomic E-state index is -0.743. The third-order valence-electron chi connectivity index (χ3n) is 6.56. The van der Waals surface area contributed by atoms with Crippen LogP contribution in [0.15, 0.2) is 87.0 Å². The Bertz CT molecular complexity index is 1810. The summed E-state index contributed by atoms with van der Waals surface area (Å²) in [6.45, 7) is 1.94. The lowest BCUT2D eigenvalue weighted by molar-refractivity contribution is -0.138. The Balaban J connectivity index is 1.80. The van der Waals surface area contributed by atoms with Crippen molar-refractivity contribution in [2.24, 2.45) is 4.99 Å². The summed E-state index contributed by atoms with van der Waals surface area (Å²) in [5.41, 5.74) is 2.69. The van der Waals surface area contributed by atoms with E-state index in [0.717, 1.165) is 16.0 Å². The molecule has 210 valence electrons. The van der Waals surface area contributed by atoms with Gasteiger partial charge in [0, 0.05) is 10.5 Å². The molecule has 1 aliphatic rings. The van der Waals surface area contributed by atoms with E-state index < -0.39 is 12.0 Å². The molecule has 1 aromatic heterocycles. The highest BCUT2D eigenvalue weighted by molar-refractivity contribution is 7.98. The van der Waals surface area contributed by atoms with Crippen LogP contribution in [0.25, 0.3) is 11.8 Å². The number of carbonyl (C=O) groups excluding carboxylic acids is 1. The molecule has 1 atom stereocenters. The van der Waals surface area contributed by atoms with Crippen LogP contribution in [-0.4, -0.2) is 37.6 Å². The fourth-order valence-electron chi connectivity index (χ4n) is 4.71. The van der Waals surface area contributed by atoms with Gasteiger partial charge < -0.3 is 14.2 Å². The van der Waals surface area contributed by atoms with Crippen molar-refractivity contribution >= 4 is 52.4 Å². The van der Waals surface area contributed by atoms with Crippen molar-refractivity contribution in [3.05, 3.63) is 114 Å². The van der Waals surface area contributed by atoms with Crippen LogP contribution >= 0.6 is 34.7 Å². The van der Waals surface area contributed by atoms with E-state index in [1.54, 1.807) is 41.5 Å². The van der Waals surface area contributed by atoms with Crippen LogP contribution in [0, 0.1) is 0 Å². The molecule has 4 aromatic rings. The molecule has 0 radical (unpaired) electrons. The predicted octanol–water partition coefficient (Wildman–Crippen LogP) is 5.33. The predicted molar refractivity (Wildman–Crippen MR) is 164 cm³/mol. The highest BCUT2D eigenvalue weighted by Crippen LogP contribution is 2.37. The normalized spacial score (nSPS) is 14.9. The molecule has 1 unspecified atom stereocenters. The van der Waals surface area contributed by atoms with E-state index in [2.05, 4.69) is 0 Å². The van der Waals surface area contributed by atoms with Gasteiger partial charge in [-0.15, -0.1) is 11.8 Å². The van der Waals surface area contributed by atoms with Gasteiger partial charge in [-0.25, -0.2) is 9.79 Å². The van der Waals surface area contributed by atoms with Gasteiger partial charge in [-0.1, -0.05) is 65.4 Å². The molecule has 41 heavy (non-hydrogen) atoms. The summed E-state index contributed by atoms with van der Waals surface area (Å²) in [6.07, 6.45) is 3.73. The van der Waals surface area contributed by atoms with E-state index in [0.29, 0.717) is 42.7 Å². The summed E-state index contributed by atoms with van der Waals surface area (Å²) < 4.78 is 18.3. The Kier molecular flexibility index (Phi) is 8.68. The lowest BCUT2D eigenvalue weighted by Gasteiger charge is -2.26. The summed E-state index contributed by atoms with van der Waals surface area (Å²) in [4.78, 5) is 34.1. The number of fused-ring (bicyclic) bond motifs is 1. The van der Waals surface area contributed by atoms with Crippen LogP contribution in [0.3, 0.4) is 0 Å². The minimum Gasteiger partial charge on any atom is -0.493 e. The van der Waals surface area contributed by atoms with Crippen LogP contribution in [0.4, 0.5) is 0 Å². The quantitative estimate of drug-likeness (QED) is 0.199. The molecule has 0 amide bonds. The molecule has 0 N–H and O–H groups in total. The van der Waals surface area contributed by atoms with Gasteiger partial charge >= 0.3 is 5.97 Å². The van der Waals surface area contributed by atoms with Crippen molar-refractivity contribution in [2.75, 3.05) is 27.1 Å². The number of thioether (sulfide) groups is 1. The van der Waals surface area contributed by atoms with Gasteiger partial charge in [0.05, 0.1) is 47.7 Å². The van der Waals surface area contributed by atoms with Crippen molar-refractivity contribution < 1.29 is 19.0 Å². The van der Waals surface area contributed by atoms with Gasteiger partial charge in [0.2, 0.25) is 0 Å². The fourth-order valence-corrected chi connectivity index (χ4v) is 6.42. The van der Waals surface area contributed by atoms with Crippen molar-refractivity contribution in [1.82, 2.24) is 4.57 Å². The molecular weight excluding hydrogens is 580 g/mol. The molecule has 5 rings (SSSR count). The molecule has 0 fully saturated rings. The molecule has 0 aliphatic carbocycles. The fraction of sp³-hybridized carbons (Fsp3) is 0.194. The summed E-state index contributed by atoms with van der Waals surface area (Å²) in [5.74, 6) is 0.338. The van der Waals surface area contributed by atoms with Crippen molar-refractivity contribution in [3.63, 3.8) is 0 Å². The maximum atomic E-state index is 14.1. The zero-order valence-corrected chi connectivity index (χ0v) is 25.2. The van der Waals surface area contributed by atoms with Crippen molar-refractivity contribution in [2.45, 2.75) is 17.9 Å². The molecule has 10 heteroatoms. The Morgan fingerprint density at radius 1 is 1.10 bits per heavy atom. The van der Waals surface area contributed by atoms with Gasteiger partial charge in [0.15, 0.2) is 16.3 Å². The lowest BCUT2D eigenvalue weighted by atomic mass is 9.93. The van der Waals surface area contributed by atoms with Crippen molar-refractivity contribution in [3.8, 4) is 11.5 Å².